The number of amides is 1. The number of rotatable bonds is 5. The Morgan fingerprint density at radius 2 is 1.97 bits per heavy atom. The van der Waals surface area contributed by atoms with E-state index in [0.717, 1.165) is 22.4 Å². The van der Waals surface area contributed by atoms with Crippen LogP contribution in [-0.4, -0.2) is 19.6 Å². The Morgan fingerprint density at radius 1 is 1.21 bits per heavy atom. The molecule has 0 spiro atoms. The molecule has 1 aliphatic rings. The number of benzene rings is 2. The van der Waals surface area contributed by atoms with E-state index in [0.29, 0.717) is 23.1 Å². The number of nitrogens with one attached hydrogen (secondary N) is 1. The van der Waals surface area contributed by atoms with Crippen LogP contribution in [0.25, 0.3) is 0 Å². The van der Waals surface area contributed by atoms with E-state index in [1.807, 2.05) is 68.1 Å². The van der Waals surface area contributed by atoms with Gasteiger partial charge in [-0.25, -0.2) is 0 Å². The highest BCUT2D eigenvalue weighted by Crippen LogP contribution is 2.39. The van der Waals surface area contributed by atoms with Crippen molar-refractivity contribution in [2.45, 2.75) is 26.9 Å². The zero-order chi connectivity index (χ0) is 21.1. The van der Waals surface area contributed by atoms with Crippen LogP contribution in [0, 0.1) is 25.2 Å². The van der Waals surface area contributed by atoms with Gasteiger partial charge >= 0.3 is 0 Å². The van der Waals surface area contributed by atoms with Gasteiger partial charge in [0.2, 0.25) is 0 Å². The van der Waals surface area contributed by atoms with E-state index in [2.05, 4.69) is 17.9 Å². The van der Waals surface area contributed by atoms with Crippen molar-refractivity contribution in [3.05, 3.63) is 63.7 Å². The molecule has 0 aromatic heterocycles. The molecule has 1 atom stereocenters. The van der Waals surface area contributed by atoms with Crippen molar-refractivity contribution in [3.63, 3.8) is 0 Å². The second kappa shape index (κ2) is 8.50. The van der Waals surface area contributed by atoms with Crippen LogP contribution in [0.5, 0.6) is 11.5 Å². The maximum Gasteiger partial charge on any atom is 0.266 e. The number of carbonyl (C=O) groups excluding carboxylic acids is 1. The Labute approximate surface area is 176 Å². The molecule has 1 unspecified atom stereocenters. The Hall–Kier alpha value is -3.11. The van der Waals surface area contributed by atoms with Gasteiger partial charge in [0.1, 0.15) is 17.8 Å². The molecule has 7 heteroatoms. The van der Waals surface area contributed by atoms with E-state index in [-0.39, 0.29) is 5.57 Å². The van der Waals surface area contributed by atoms with Crippen LogP contribution in [0.4, 0.5) is 5.69 Å². The van der Waals surface area contributed by atoms with Gasteiger partial charge in [-0.3, -0.25) is 4.79 Å². The lowest BCUT2D eigenvalue weighted by atomic mass is 10.0. The highest BCUT2D eigenvalue weighted by Gasteiger charge is 2.35. The number of thiol groups is 1. The van der Waals surface area contributed by atoms with E-state index in [9.17, 15) is 10.1 Å². The molecule has 1 amide bonds. The summed E-state index contributed by atoms with van der Waals surface area (Å²) in [6.45, 7) is 6.39. The summed E-state index contributed by atoms with van der Waals surface area (Å²) in [4.78, 5) is 14.4. The van der Waals surface area contributed by atoms with E-state index in [1.54, 1.807) is 7.11 Å². The molecule has 0 radical (unpaired) electrons. The number of methoxy groups -OCH3 is 1. The number of hydrogen-bond acceptors (Lipinski definition) is 6. The minimum atomic E-state index is -0.558. The lowest BCUT2D eigenvalue weighted by Gasteiger charge is -2.39. The summed E-state index contributed by atoms with van der Waals surface area (Å²) >= 11 is 4.56. The van der Waals surface area contributed by atoms with Crippen LogP contribution in [0.3, 0.4) is 0 Å². The normalized spacial score (nSPS) is 16.3. The third-order valence-electron chi connectivity index (χ3n) is 4.74. The van der Waals surface area contributed by atoms with Gasteiger partial charge in [0.25, 0.3) is 5.91 Å². The maximum atomic E-state index is 12.5. The Balaban J connectivity index is 2.18. The molecule has 29 heavy (non-hydrogen) atoms. The number of ether oxygens (including phenoxy) is 2. The third kappa shape index (κ3) is 3.89. The molecule has 2 aromatic carbocycles. The van der Waals surface area contributed by atoms with Gasteiger partial charge < -0.3 is 19.7 Å². The van der Waals surface area contributed by atoms with Gasteiger partial charge in [0, 0.05) is 5.69 Å². The molecule has 0 fully saturated rings. The van der Waals surface area contributed by atoms with Crippen LogP contribution in [0.1, 0.15) is 29.8 Å². The van der Waals surface area contributed by atoms with Gasteiger partial charge in [-0.15, -0.1) is 12.6 Å². The molecule has 0 saturated heterocycles. The molecule has 1 heterocycles. The van der Waals surface area contributed by atoms with Gasteiger partial charge in [-0.1, -0.05) is 18.2 Å². The molecule has 6 nitrogen and oxygen atoms in total. The van der Waals surface area contributed by atoms with E-state index in [4.69, 9.17) is 9.47 Å². The quantitative estimate of drug-likeness (QED) is 0.730. The summed E-state index contributed by atoms with van der Waals surface area (Å²) in [6.07, 6.45) is -0.558. The van der Waals surface area contributed by atoms with Crippen molar-refractivity contribution in [1.29, 1.82) is 5.26 Å². The molecular weight excluding hydrogens is 386 g/mol. The van der Waals surface area contributed by atoms with Crippen LogP contribution >= 0.6 is 12.6 Å². The average Bonchev–Trinajstić information content (AvgIpc) is 2.70. The number of nitriles is 1. The van der Waals surface area contributed by atoms with E-state index >= 15 is 0 Å². The Kier molecular flexibility index (Phi) is 6.04. The minimum absolute atomic E-state index is 0.0246. The predicted molar refractivity (Wildman–Crippen MR) is 115 cm³/mol. The smallest absolute Gasteiger partial charge is 0.266 e. The number of aryl methyl sites for hydroxylation is 2. The van der Waals surface area contributed by atoms with Gasteiger partial charge in [-0.05, 0) is 55.7 Å². The van der Waals surface area contributed by atoms with Crippen molar-refractivity contribution in [3.8, 4) is 17.6 Å². The van der Waals surface area contributed by atoms with Crippen LogP contribution in [0.15, 0.2) is 47.0 Å². The average molecular weight is 410 g/mol. The molecule has 150 valence electrons. The highest BCUT2D eigenvalue weighted by molar-refractivity contribution is 7.84. The lowest BCUT2D eigenvalue weighted by Crippen LogP contribution is -2.46. The summed E-state index contributed by atoms with van der Waals surface area (Å²) in [5, 5.41) is 12.7. The second-order valence-corrected chi connectivity index (χ2v) is 7.11. The molecule has 2 aromatic rings. The summed E-state index contributed by atoms with van der Waals surface area (Å²) in [7, 11) is 1.57. The molecular formula is C22H23N3O3S. The lowest BCUT2D eigenvalue weighted by molar-refractivity contribution is -0.118. The standard InChI is InChI=1S/C22H23N3O3S/c1-5-28-18-9-8-15(11-19(18)27-4)20-24-21(26)16(12-23)22(29)25(20)17-10-13(2)6-7-14(17)3/h6-11,20,29H,5H2,1-4H3,(H,24,26). The molecule has 0 bridgehead atoms. The first-order valence-electron chi connectivity index (χ1n) is 9.22. The van der Waals surface area contributed by atoms with Crippen molar-refractivity contribution in [2.24, 2.45) is 0 Å². The highest BCUT2D eigenvalue weighted by atomic mass is 32.1. The Bertz CT molecular complexity index is 1030. The van der Waals surface area contributed by atoms with Gasteiger partial charge in [0.15, 0.2) is 11.5 Å². The SMILES string of the molecule is CCOc1ccc(C2NC(=O)C(C#N)=C(S)N2c2cc(C)ccc2C)cc1OC. The summed E-state index contributed by atoms with van der Waals surface area (Å²) in [6, 6.07) is 13.5. The summed E-state index contributed by atoms with van der Waals surface area (Å²) < 4.78 is 11.1. The molecule has 1 aliphatic heterocycles. The largest absolute Gasteiger partial charge is 0.493 e. The first-order chi connectivity index (χ1) is 13.9. The minimum Gasteiger partial charge on any atom is -0.493 e. The Morgan fingerprint density at radius 3 is 2.62 bits per heavy atom. The summed E-state index contributed by atoms with van der Waals surface area (Å²) in [5.41, 5.74) is 3.68. The van der Waals surface area contributed by atoms with Crippen molar-refractivity contribution < 1.29 is 14.3 Å². The fraction of sp³-hybridized carbons (Fsp3) is 0.273. The van der Waals surface area contributed by atoms with Crippen molar-refractivity contribution in [2.75, 3.05) is 18.6 Å². The first kappa shape index (κ1) is 20.6. The molecule has 3 rings (SSSR count). The number of carbonyl (C=O) groups is 1. The second-order valence-electron chi connectivity index (χ2n) is 6.69. The molecule has 0 aliphatic carbocycles. The maximum absolute atomic E-state index is 12.5. The number of hydrogen-bond donors (Lipinski definition) is 2. The van der Waals surface area contributed by atoms with Crippen LogP contribution < -0.4 is 19.7 Å². The summed E-state index contributed by atoms with van der Waals surface area (Å²) in [5.74, 6) is 0.728. The van der Waals surface area contributed by atoms with Gasteiger partial charge in [-0.2, -0.15) is 5.26 Å². The number of anilines is 1. The third-order valence-corrected chi connectivity index (χ3v) is 5.18. The monoisotopic (exact) mass is 409 g/mol. The van der Waals surface area contributed by atoms with Crippen molar-refractivity contribution in [1.82, 2.24) is 5.32 Å². The zero-order valence-electron chi connectivity index (χ0n) is 16.8. The topological polar surface area (TPSA) is 74.6 Å². The molecule has 1 N–H and O–H groups in total. The fourth-order valence-corrected chi connectivity index (χ4v) is 3.67. The zero-order valence-corrected chi connectivity index (χ0v) is 17.7. The van der Waals surface area contributed by atoms with E-state index in [1.165, 1.54) is 0 Å². The fourth-order valence-electron chi connectivity index (χ4n) is 3.30. The van der Waals surface area contributed by atoms with Crippen LogP contribution in [-0.2, 0) is 4.79 Å². The van der Waals surface area contributed by atoms with Gasteiger partial charge in [0.05, 0.1) is 18.7 Å². The van der Waals surface area contributed by atoms with Crippen molar-refractivity contribution >= 4 is 24.2 Å². The molecule has 0 saturated carbocycles. The number of nitrogens with zero attached hydrogens (tertiary/aromatic N) is 2. The van der Waals surface area contributed by atoms with E-state index < -0.39 is 12.1 Å². The first-order valence-corrected chi connectivity index (χ1v) is 9.67. The van der Waals surface area contributed by atoms with Crippen LogP contribution in [0.2, 0.25) is 0 Å². The predicted octanol–water partition coefficient (Wildman–Crippen LogP) is 4.01.